The first-order valence-corrected chi connectivity index (χ1v) is 7.03. The molecule has 0 aliphatic carbocycles. The van der Waals surface area contributed by atoms with Crippen molar-refractivity contribution in [1.82, 2.24) is 15.2 Å². The van der Waals surface area contributed by atoms with Gasteiger partial charge in [0.15, 0.2) is 0 Å². The number of thiazole rings is 1. The highest BCUT2D eigenvalue weighted by Crippen LogP contribution is 2.17. The topological polar surface area (TPSA) is 82.5 Å². The molecule has 1 heterocycles. The number of likely N-dealkylation sites (N-methyl/N-ethyl adjacent to an activating group) is 1. The van der Waals surface area contributed by atoms with Crippen LogP contribution in [0.1, 0.15) is 34.2 Å². The van der Waals surface area contributed by atoms with Crippen molar-refractivity contribution in [3.8, 4) is 0 Å². The van der Waals surface area contributed by atoms with Crippen molar-refractivity contribution in [3.63, 3.8) is 0 Å². The van der Waals surface area contributed by atoms with E-state index in [1.807, 2.05) is 13.8 Å². The first-order valence-electron chi connectivity index (χ1n) is 6.21. The number of rotatable bonds is 6. The Morgan fingerprint density at radius 1 is 1.50 bits per heavy atom. The van der Waals surface area contributed by atoms with Gasteiger partial charge in [0.1, 0.15) is 9.88 Å². The predicted octanol–water partition coefficient (Wildman–Crippen LogP) is 2.26. The zero-order valence-corrected chi connectivity index (χ0v) is 12.7. The zero-order valence-electron chi connectivity index (χ0n) is 11.9. The van der Waals surface area contributed by atoms with Crippen LogP contribution in [0.5, 0.6) is 0 Å². The largest absolute Gasteiger partial charge is 0.477 e. The maximum atomic E-state index is 11.9. The Labute approximate surface area is 122 Å². The summed E-state index contributed by atoms with van der Waals surface area (Å²) in [6, 6.07) is -0.208. The third kappa shape index (κ3) is 4.34. The van der Waals surface area contributed by atoms with Crippen molar-refractivity contribution >= 4 is 23.3 Å². The van der Waals surface area contributed by atoms with Crippen molar-refractivity contribution in [2.45, 2.75) is 27.3 Å². The monoisotopic (exact) mass is 297 g/mol. The maximum absolute atomic E-state index is 11.9. The normalized spacial score (nSPS) is 10.2. The van der Waals surface area contributed by atoms with E-state index in [0.29, 0.717) is 23.8 Å². The molecule has 0 bridgehead atoms. The number of carboxylic acid groups (broad SMARTS) is 1. The lowest BCUT2D eigenvalue weighted by Crippen LogP contribution is -2.40. The number of nitrogens with zero attached hydrogens (tertiary/aromatic N) is 2. The van der Waals surface area contributed by atoms with E-state index in [1.54, 1.807) is 11.8 Å². The Bertz CT molecular complexity index is 525. The molecule has 1 aromatic heterocycles. The summed E-state index contributed by atoms with van der Waals surface area (Å²) in [7, 11) is 0. The van der Waals surface area contributed by atoms with Crippen molar-refractivity contribution in [1.29, 1.82) is 0 Å². The zero-order chi connectivity index (χ0) is 15.3. The number of hydrogen-bond donors (Lipinski definition) is 2. The van der Waals surface area contributed by atoms with E-state index >= 15 is 0 Å². The van der Waals surface area contributed by atoms with Gasteiger partial charge in [-0.2, -0.15) is 0 Å². The molecule has 0 radical (unpaired) electrons. The SMILES string of the molecule is C=C(C)CN(CC)C(=O)NCc1nc(C)c(C(=O)O)s1. The Kier molecular flexibility index (Phi) is 5.69. The van der Waals surface area contributed by atoms with Crippen molar-refractivity contribution in [2.24, 2.45) is 0 Å². The highest BCUT2D eigenvalue weighted by atomic mass is 32.1. The number of aromatic carboxylic acids is 1. The first kappa shape index (κ1) is 16.2. The van der Waals surface area contributed by atoms with Crippen LogP contribution < -0.4 is 5.32 Å². The fourth-order valence-corrected chi connectivity index (χ4v) is 2.49. The third-order valence-electron chi connectivity index (χ3n) is 2.56. The second-order valence-electron chi connectivity index (χ2n) is 4.46. The molecule has 0 atom stereocenters. The van der Waals surface area contributed by atoms with Crippen molar-refractivity contribution in [3.05, 3.63) is 27.7 Å². The summed E-state index contributed by atoms with van der Waals surface area (Å²) in [5.41, 5.74) is 1.38. The summed E-state index contributed by atoms with van der Waals surface area (Å²) in [5.74, 6) is -0.991. The highest BCUT2D eigenvalue weighted by Gasteiger charge is 2.16. The lowest BCUT2D eigenvalue weighted by Gasteiger charge is -2.21. The van der Waals surface area contributed by atoms with E-state index in [-0.39, 0.29) is 17.5 Å². The van der Waals surface area contributed by atoms with Gasteiger partial charge in [-0.3, -0.25) is 0 Å². The molecule has 0 saturated carbocycles. The van der Waals surface area contributed by atoms with Crippen LogP contribution in [0.15, 0.2) is 12.2 Å². The Balaban J connectivity index is 2.62. The van der Waals surface area contributed by atoms with E-state index in [2.05, 4.69) is 16.9 Å². The molecule has 0 unspecified atom stereocenters. The lowest BCUT2D eigenvalue weighted by molar-refractivity contribution is 0.0701. The van der Waals surface area contributed by atoms with Gasteiger partial charge in [-0.05, 0) is 20.8 Å². The van der Waals surface area contributed by atoms with Gasteiger partial charge in [-0.1, -0.05) is 12.2 Å². The van der Waals surface area contributed by atoms with E-state index in [4.69, 9.17) is 5.11 Å². The van der Waals surface area contributed by atoms with Gasteiger partial charge >= 0.3 is 12.0 Å². The number of aryl methyl sites for hydroxylation is 1. The van der Waals surface area contributed by atoms with Gasteiger partial charge in [0, 0.05) is 13.1 Å². The van der Waals surface area contributed by atoms with Crippen LogP contribution in [0.3, 0.4) is 0 Å². The molecule has 0 saturated heterocycles. The van der Waals surface area contributed by atoms with Crippen molar-refractivity contribution in [2.75, 3.05) is 13.1 Å². The third-order valence-corrected chi connectivity index (χ3v) is 3.70. The first-order chi connectivity index (χ1) is 9.35. The summed E-state index contributed by atoms with van der Waals surface area (Å²) in [6.07, 6.45) is 0. The van der Waals surface area contributed by atoms with Gasteiger partial charge in [0.25, 0.3) is 0 Å². The second-order valence-corrected chi connectivity index (χ2v) is 5.54. The van der Waals surface area contributed by atoms with Crippen LogP contribution in [0.2, 0.25) is 0 Å². The number of amides is 2. The molecule has 0 aromatic carbocycles. The van der Waals surface area contributed by atoms with E-state index in [9.17, 15) is 9.59 Å². The number of carbonyl (C=O) groups excluding carboxylic acids is 1. The summed E-state index contributed by atoms with van der Waals surface area (Å²) in [4.78, 5) is 28.8. The molecule has 110 valence electrons. The molecular formula is C13H19N3O3S. The molecule has 0 spiro atoms. The number of urea groups is 1. The minimum absolute atomic E-state index is 0.208. The molecule has 1 rings (SSSR count). The second kappa shape index (κ2) is 7.04. The van der Waals surface area contributed by atoms with Crippen LogP contribution in [0, 0.1) is 6.92 Å². The minimum Gasteiger partial charge on any atom is -0.477 e. The standard InChI is InChI=1S/C13H19N3O3S/c1-5-16(7-8(2)3)13(19)14-6-10-15-9(4)11(20-10)12(17)18/h2,5-7H2,1,3-4H3,(H,14,19)(H,17,18). The molecule has 20 heavy (non-hydrogen) atoms. The van der Waals surface area contributed by atoms with Crippen molar-refractivity contribution < 1.29 is 14.7 Å². The Morgan fingerprint density at radius 3 is 2.60 bits per heavy atom. The van der Waals surface area contributed by atoms with Gasteiger partial charge < -0.3 is 15.3 Å². The van der Waals surface area contributed by atoms with Crippen LogP contribution in [-0.2, 0) is 6.54 Å². The molecule has 2 amide bonds. The van der Waals surface area contributed by atoms with E-state index in [0.717, 1.165) is 16.9 Å². The molecular weight excluding hydrogens is 278 g/mol. The number of nitrogens with one attached hydrogen (secondary N) is 1. The molecule has 0 aliphatic rings. The number of aromatic nitrogens is 1. The fraction of sp³-hybridized carbons (Fsp3) is 0.462. The lowest BCUT2D eigenvalue weighted by atomic mass is 10.3. The van der Waals surface area contributed by atoms with Crippen LogP contribution >= 0.6 is 11.3 Å². The summed E-state index contributed by atoms with van der Waals surface area (Å²) >= 11 is 1.08. The quantitative estimate of drug-likeness (QED) is 0.789. The molecule has 7 heteroatoms. The van der Waals surface area contributed by atoms with Crippen LogP contribution in [-0.4, -0.2) is 40.1 Å². The van der Waals surface area contributed by atoms with Crippen LogP contribution in [0.4, 0.5) is 4.79 Å². The smallest absolute Gasteiger partial charge is 0.347 e. The molecule has 6 nitrogen and oxygen atoms in total. The molecule has 0 fully saturated rings. The van der Waals surface area contributed by atoms with Gasteiger partial charge in [-0.15, -0.1) is 11.3 Å². The Hall–Kier alpha value is -1.89. The highest BCUT2D eigenvalue weighted by molar-refractivity contribution is 7.13. The van der Waals surface area contributed by atoms with E-state index < -0.39 is 5.97 Å². The number of carbonyl (C=O) groups is 2. The van der Waals surface area contributed by atoms with E-state index in [1.165, 1.54) is 0 Å². The molecule has 2 N–H and O–H groups in total. The van der Waals surface area contributed by atoms with Gasteiger partial charge in [0.2, 0.25) is 0 Å². The predicted molar refractivity (Wildman–Crippen MR) is 78.1 cm³/mol. The average molecular weight is 297 g/mol. The number of carboxylic acids is 1. The molecule has 1 aromatic rings. The maximum Gasteiger partial charge on any atom is 0.347 e. The number of hydrogen-bond acceptors (Lipinski definition) is 4. The Morgan fingerprint density at radius 2 is 2.15 bits per heavy atom. The summed E-state index contributed by atoms with van der Waals surface area (Å²) in [6.45, 7) is 10.5. The van der Waals surface area contributed by atoms with Crippen LogP contribution in [0.25, 0.3) is 0 Å². The summed E-state index contributed by atoms with van der Waals surface area (Å²) in [5, 5.41) is 12.3. The summed E-state index contributed by atoms with van der Waals surface area (Å²) < 4.78 is 0. The van der Waals surface area contributed by atoms with Gasteiger partial charge in [0.05, 0.1) is 12.2 Å². The average Bonchev–Trinajstić information content (AvgIpc) is 2.74. The minimum atomic E-state index is -0.991. The fourth-order valence-electron chi connectivity index (χ4n) is 1.64. The van der Waals surface area contributed by atoms with Gasteiger partial charge in [-0.25, -0.2) is 14.6 Å². The molecule has 0 aliphatic heterocycles.